The molecule has 1 N–H and O–H groups in total. The molecule has 0 fully saturated rings. The third-order valence-electron chi connectivity index (χ3n) is 2.71. The van der Waals surface area contributed by atoms with Crippen LogP contribution < -0.4 is 0 Å². The predicted molar refractivity (Wildman–Crippen MR) is 67.8 cm³/mol. The summed E-state index contributed by atoms with van der Waals surface area (Å²) in [7, 11) is 0. The van der Waals surface area contributed by atoms with Crippen LogP contribution in [-0.2, 0) is 6.54 Å². The number of pyridine rings is 1. The fourth-order valence-electron chi connectivity index (χ4n) is 1.71. The van der Waals surface area contributed by atoms with Crippen LogP contribution in [0.25, 0.3) is 0 Å². The molecule has 0 unspecified atom stereocenters. The topological polar surface area (TPSA) is 61.9 Å². The van der Waals surface area contributed by atoms with Crippen molar-refractivity contribution in [2.75, 3.05) is 0 Å². The van der Waals surface area contributed by atoms with Crippen LogP contribution in [0, 0.1) is 0 Å². The Morgan fingerprint density at radius 2 is 2.28 bits per heavy atom. The van der Waals surface area contributed by atoms with E-state index in [0.29, 0.717) is 12.1 Å². The fourth-order valence-corrected chi connectivity index (χ4v) is 1.71. The highest BCUT2D eigenvalue weighted by atomic mass is 16.2. The molecule has 0 spiro atoms. The van der Waals surface area contributed by atoms with Crippen LogP contribution in [-0.4, -0.2) is 32.0 Å². The SMILES string of the molecule is CC(C)N(Cc1cccnc1)C(=O)c1cn[nH]c1. The summed E-state index contributed by atoms with van der Waals surface area (Å²) in [5, 5.41) is 6.47. The zero-order valence-corrected chi connectivity index (χ0v) is 10.5. The Bertz CT molecular complexity index is 493. The van der Waals surface area contributed by atoms with E-state index in [0.717, 1.165) is 5.56 Å². The van der Waals surface area contributed by atoms with Crippen LogP contribution in [0.15, 0.2) is 36.9 Å². The number of nitrogens with zero attached hydrogens (tertiary/aromatic N) is 3. The summed E-state index contributed by atoms with van der Waals surface area (Å²) in [5.74, 6) is -0.0254. The van der Waals surface area contributed by atoms with Gasteiger partial charge >= 0.3 is 0 Å². The zero-order valence-electron chi connectivity index (χ0n) is 10.5. The van der Waals surface area contributed by atoms with Crippen LogP contribution in [0.3, 0.4) is 0 Å². The van der Waals surface area contributed by atoms with Crippen molar-refractivity contribution in [1.29, 1.82) is 0 Å². The number of rotatable bonds is 4. The maximum Gasteiger partial charge on any atom is 0.257 e. The molecular weight excluding hydrogens is 228 g/mol. The molecule has 2 aromatic heterocycles. The molecule has 2 heterocycles. The lowest BCUT2D eigenvalue weighted by molar-refractivity contribution is 0.0690. The Morgan fingerprint density at radius 1 is 1.44 bits per heavy atom. The fraction of sp³-hybridized carbons (Fsp3) is 0.308. The molecule has 2 rings (SSSR count). The van der Waals surface area contributed by atoms with Gasteiger partial charge < -0.3 is 4.90 Å². The van der Waals surface area contributed by atoms with Gasteiger partial charge in [-0.3, -0.25) is 14.9 Å². The summed E-state index contributed by atoms with van der Waals surface area (Å²) >= 11 is 0. The van der Waals surface area contributed by atoms with Crippen molar-refractivity contribution in [3.05, 3.63) is 48.0 Å². The first-order chi connectivity index (χ1) is 8.68. The van der Waals surface area contributed by atoms with Crippen molar-refractivity contribution >= 4 is 5.91 Å². The number of hydrogen-bond donors (Lipinski definition) is 1. The van der Waals surface area contributed by atoms with Crippen LogP contribution in [0.1, 0.15) is 29.8 Å². The van der Waals surface area contributed by atoms with Crippen LogP contribution in [0.5, 0.6) is 0 Å². The molecule has 0 aromatic carbocycles. The summed E-state index contributed by atoms with van der Waals surface area (Å²) in [6.07, 6.45) is 6.65. The molecule has 0 aliphatic heterocycles. The molecule has 5 nitrogen and oxygen atoms in total. The highest BCUT2D eigenvalue weighted by Crippen LogP contribution is 2.11. The highest BCUT2D eigenvalue weighted by molar-refractivity contribution is 5.93. The molecule has 0 aliphatic carbocycles. The van der Waals surface area contributed by atoms with Gasteiger partial charge in [0.25, 0.3) is 5.91 Å². The van der Waals surface area contributed by atoms with Crippen molar-refractivity contribution in [3.8, 4) is 0 Å². The maximum absolute atomic E-state index is 12.3. The number of aromatic nitrogens is 3. The number of carbonyl (C=O) groups is 1. The second-order valence-electron chi connectivity index (χ2n) is 4.38. The Morgan fingerprint density at radius 3 is 2.83 bits per heavy atom. The van der Waals surface area contributed by atoms with Gasteiger partial charge in [-0.25, -0.2) is 0 Å². The van der Waals surface area contributed by atoms with Crippen molar-refractivity contribution in [3.63, 3.8) is 0 Å². The molecule has 5 heteroatoms. The molecule has 0 saturated carbocycles. The van der Waals surface area contributed by atoms with E-state index in [9.17, 15) is 4.79 Å². The van der Waals surface area contributed by atoms with E-state index >= 15 is 0 Å². The summed E-state index contributed by atoms with van der Waals surface area (Å²) in [6, 6.07) is 3.95. The first-order valence-corrected chi connectivity index (χ1v) is 5.87. The van der Waals surface area contributed by atoms with Crippen molar-refractivity contribution in [1.82, 2.24) is 20.1 Å². The second-order valence-corrected chi connectivity index (χ2v) is 4.38. The van der Waals surface area contributed by atoms with E-state index in [4.69, 9.17) is 0 Å². The first kappa shape index (κ1) is 12.3. The molecule has 2 aromatic rings. The van der Waals surface area contributed by atoms with Gasteiger partial charge in [-0.2, -0.15) is 5.10 Å². The number of nitrogens with one attached hydrogen (secondary N) is 1. The van der Waals surface area contributed by atoms with Crippen LogP contribution >= 0.6 is 0 Å². The number of hydrogen-bond acceptors (Lipinski definition) is 3. The predicted octanol–water partition coefficient (Wildman–Crippen LogP) is 1.86. The second kappa shape index (κ2) is 5.44. The Kier molecular flexibility index (Phi) is 3.72. The summed E-state index contributed by atoms with van der Waals surface area (Å²) in [4.78, 5) is 18.2. The maximum atomic E-state index is 12.3. The van der Waals surface area contributed by atoms with Crippen molar-refractivity contribution in [2.24, 2.45) is 0 Å². The minimum atomic E-state index is -0.0254. The van der Waals surface area contributed by atoms with Crippen molar-refractivity contribution < 1.29 is 4.79 Å². The Hall–Kier alpha value is -2.17. The van der Waals surface area contributed by atoms with E-state index in [-0.39, 0.29) is 11.9 Å². The normalized spacial score (nSPS) is 10.6. The zero-order chi connectivity index (χ0) is 13.0. The third kappa shape index (κ3) is 2.74. The molecule has 18 heavy (non-hydrogen) atoms. The molecule has 0 radical (unpaired) electrons. The summed E-state index contributed by atoms with van der Waals surface area (Å²) in [6.45, 7) is 4.54. The molecule has 0 bridgehead atoms. The van der Waals surface area contributed by atoms with Crippen molar-refractivity contribution in [2.45, 2.75) is 26.4 Å². The van der Waals surface area contributed by atoms with Gasteiger partial charge in [0.1, 0.15) is 0 Å². The van der Waals surface area contributed by atoms with E-state index < -0.39 is 0 Å². The summed E-state index contributed by atoms with van der Waals surface area (Å²) in [5.41, 5.74) is 1.59. The molecular formula is C13H16N4O. The lowest BCUT2D eigenvalue weighted by atomic mass is 10.2. The number of carbonyl (C=O) groups excluding carboxylic acids is 1. The molecule has 0 aliphatic rings. The number of amides is 1. The van der Waals surface area contributed by atoms with Gasteiger partial charge in [-0.05, 0) is 25.5 Å². The van der Waals surface area contributed by atoms with E-state index in [2.05, 4.69) is 15.2 Å². The first-order valence-electron chi connectivity index (χ1n) is 5.87. The van der Waals surface area contributed by atoms with Gasteiger partial charge in [-0.15, -0.1) is 0 Å². The molecule has 0 atom stereocenters. The summed E-state index contributed by atoms with van der Waals surface area (Å²) < 4.78 is 0. The molecule has 0 saturated heterocycles. The Labute approximate surface area is 106 Å². The Balaban J connectivity index is 2.17. The van der Waals surface area contributed by atoms with Crippen LogP contribution in [0.4, 0.5) is 0 Å². The lowest BCUT2D eigenvalue weighted by Gasteiger charge is -2.26. The number of H-pyrrole nitrogens is 1. The lowest BCUT2D eigenvalue weighted by Crippen LogP contribution is -2.36. The third-order valence-corrected chi connectivity index (χ3v) is 2.71. The van der Waals surface area contributed by atoms with Crippen LogP contribution in [0.2, 0.25) is 0 Å². The minimum Gasteiger partial charge on any atom is -0.332 e. The van der Waals surface area contributed by atoms with Gasteiger partial charge in [0.05, 0.1) is 11.8 Å². The quantitative estimate of drug-likeness (QED) is 0.892. The van der Waals surface area contributed by atoms with E-state index in [1.165, 1.54) is 0 Å². The van der Waals surface area contributed by atoms with Gasteiger partial charge in [0, 0.05) is 31.2 Å². The highest BCUT2D eigenvalue weighted by Gasteiger charge is 2.19. The van der Waals surface area contributed by atoms with E-state index in [1.54, 1.807) is 29.7 Å². The molecule has 94 valence electrons. The minimum absolute atomic E-state index is 0.0254. The largest absolute Gasteiger partial charge is 0.332 e. The number of aromatic amines is 1. The van der Waals surface area contributed by atoms with E-state index in [1.807, 2.05) is 26.0 Å². The van der Waals surface area contributed by atoms with Gasteiger partial charge in [0.2, 0.25) is 0 Å². The smallest absolute Gasteiger partial charge is 0.257 e. The van der Waals surface area contributed by atoms with Gasteiger partial charge in [-0.1, -0.05) is 6.07 Å². The van der Waals surface area contributed by atoms with Gasteiger partial charge in [0.15, 0.2) is 0 Å². The monoisotopic (exact) mass is 244 g/mol. The average molecular weight is 244 g/mol. The molecule has 1 amide bonds. The average Bonchev–Trinajstić information content (AvgIpc) is 2.90. The standard InChI is InChI=1S/C13H16N4O/c1-10(2)17(9-11-4-3-5-14-6-11)13(18)12-7-15-16-8-12/h3-8,10H,9H2,1-2H3,(H,15,16).